The monoisotopic (exact) mass is 1050 g/mol. The van der Waals surface area contributed by atoms with E-state index in [-0.39, 0.29) is 77.7 Å². The number of carbonyl (C=O) groups excluding carboxylic acids is 10. The number of hydrogen-bond acceptors (Lipinski definition) is 12. The first-order valence-electron chi connectivity index (χ1n) is 27.8. The molecule has 7 aliphatic rings. The van der Waals surface area contributed by atoms with Crippen LogP contribution in [0.4, 0.5) is 0 Å². The van der Waals surface area contributed by atoms with Gasteiger partial charge >= 0.3 is 0 Å². The first kappa shape index (κ1) is 55.8. The molecule has 0 spiro atoms. The van der Waals surface area contributed by atoms with Gasteiger partial charge in [-0.25, -0.2) is 0 Å². The molecule has 4 unspecified atom stereocenters. The Kier molecular flexibility index (Phi) is 17.2. The van der Waals surface area contributed by atoms with Gasteiger partial charge in [0.25, 0.3) is 23.6 Å². The van der Waals surface area contributed by atoms with Gasteiger partial charge in [-0.15, -0.1) is 0 Å². The molecule has 3 heterocycles. The molecule has 9 amide bonds. The fourth-order valence-corrected chi connectivity index (χ4v) is 12.9. The van der Waals surface area contributed by atoms with Crippen LogP contribution in [0.15, 0.2) is 40.1 Å². The van der Waals surface area contributed by atoms with Gasteiger partial charge in [-0.1, -0.05) is 72.8 Å². The lowest BCUT2D eigenvalue weighted by atomic mass is 9.71. The number of fused-ring (bicyclic) bond motifs is 2. The Morgan fingerprint density at radius 3 is 2.24 bits per heavy atom. The van der Waals surface area contributed by atoms with Gasteiger partial charge in [-0.2, -0.15) is 0 Å². The maximum absolute atomic E-state index is 15.0. The van der Waals surface area contributed by atoms with Gasteiger partial charge in [0.05, 0.1) is 22.9 Å². The van der Waals surface area contributed by atoms with E-state index < -0.39 is 94.6 Å². The van der Waals surface area contributed by atoms with Crippen molar-refractivity contribution in [2.24, 2.45) is 45.0 Å². The van der Waals surface area contributed by atoms with Crippen molar-refractivity contribution in [2.75, 3.05) is 6.54 Å². The van der Waals surface area contributed by atoms with Crippen molar-refractivity contribution in [3.63, 3.8) is 0 Å². The smallest absolute Gasteiger partial charge is 0.289 e. The predicted octanol–water partition coefficient (Wildman–Crippen LogP) is 4.97. The summed E-state index contributed by atoms with van der Waals surface area (Å²) in [6, 6.07) is 0.211. The molecule has 10 atom stereocenters. The number of likely N-dealkylation sites (tertiary alicyclic amines) is 1. The fourth-order valence-electron chi connectivity index (χ4n) is 12.9. The zero-order chi connectivity index (χ0) is 54.7. The number of rotatable bonds is 18. The Bertz CT molecular complexity index is 2590. The highest BCUT2D eigenvalue weighted by Gasteiger charge is 2.53. The van der Waals surface area contributed by atoms with E-state index in [2.05, 4.69) is 50.2 Å². The van der Waals surface area contributed by atoms with Gasteiger partial charge in [0.15, 0.2) is 0 Å². The third-order valence-electron chi connectivity index (χ3n) is 17.3. The number of ketones is 1. The number of piperidine rings is 1. The molecule has 4 aliphatic carbocycles. The maximum Gasteiger partial charge on any atom is 0.289 e. The minimum atomic E-state index is -1.07. The van der Waals surface area contributed by atoms with E-state index >= 15 is 0 Å². The zero-order valence-corrected chi connectivity index (χ0v) is 45.0. The average Bonchev–Trinajstić information content (AvgIpc) is 3.89. The van der Waals surface area contributed by atoms with Crippen molar-refractivity contribution in [1.29, 1.82) is 0 Å². The molecule has 19 heteroatoms. The zero-order valence-electron chi connectivity index (χ0n) is 45.0. The van der Waals surface area contributed by atoms with Gasteiger partial charge in [-0.05, 0) is 137 Å². The van der Waals surface area contributed by atoms with Crippen molar-refractivity contribution in [3.05, 3.63) is 46.8 Å². The Morgan fingerprint density at radius 2 is 1.58 bits per heavy atom. The van der Waals surface area contributed by atoms with Crippen molar-refractivity contribution in [2.45, 2.75) is 193 Å². The molecule has 0 aromatic heterocycles. The first-order valence-corrected chi connectivity index (χ1v) is 27.8. The molecule has 76 heavy (non-hydrogen) atoms. The van der Waals surface area contributed by atoms with Crippen LogP contribution in [0, 0.1) is 35.0 Å². The van der Waals surface area contributed by atoms with E-state index in [0.717, 1.165) is 68.3 Å². The topological polar surface area (TPSA) is 262 Å². The molecule has 0 radical (unpaired) electrons. The normalized spacial score (nSPS) is 27.4. The van der Waals surface area contributed by atoms with Crippen LogP contribution in [-0.2, 0) is 38.4 Å². The SMILES string of the molecule is C=N/C(=C\N=C(C)C(=O)N[C@H](C(=O)N[C@H](C(=O)N1C[C@@H]2CCC[C@@H]2[C@H]1C(=O)N[C@H](CCC)C(=O)C(=O)NC1CC1)C(C)(C)C)C1CCCCC1)C1CCC(c2ccc3c(c2)C(=O)N(C2CCC(=O)NC2=O)C3=O)C(C)C1. The Labute approximate surface area is 445 Å². The lowest BCUT2D eigenvalue weighted by molar-refractivity contribution is -0.146. The number of aliphatic imine (C=N–C) groups is 2. The van der Waals surface area contributed by atoms with E-state index in [0.29, 0.717) is 44.3 Å². The largest absolute Gasteiger partial charge is 0.347 e. The molecule has 5 N–H and O–H groups in total. The summed E-state index contributed by atoms with van der Waals surface area (Å²) >= 11 is 0. The van der Waals surface area contributed by atoms with Gasteiger partial charge in [-0.3, -0.25) is 68.1 Å². The third-order valence-corrected chi connectivity index (χ3v) is 17.3. The number of carbonyl (C=O) groups is 10. The molecule has 0 bridgehead atoms. The fraction of sp³-hybridized carbons (Fsp3) is 0.649. The van der Waals surface area contributed by atoms with Crippen molar-refractivity contribution in [1.82, 2.24) is 36.4 Å². The van der Waals surface area contributed by atoms with Crippen molar-refractivity contribution < 1.29 is 47.9 Å². The highest BCUT2D eigenvalue weighted by molar-refractivity contribution is 6.39. The summed E-state index contributed by atoms with van der Waals surface area (Å²) < 4.78 is 0. The number of benzene rings is 1. The molecule has 1 aromatic carbocycles. The quantitative estimate of drug-likeness (QED) is 0.0749. The second kappa shape index (κ2) is 23.5. The second-order valence-electron chi connectivity index (χ2n) is 23.7. The van der Waals surface area contributed by atoms with Crippen LogP contribution in [0.1, 0.15) is 183 Å². The molecule has 4 saturated carbocycles. The van der Waals surface area contributed by atoms with Crippen LogP contribution < -0.4 is 26.6 Å². The number of amides is 9. The van der Waals surface area contributed by atoms with Crippen molar-refractivity contribution >= 4 is 71.4 Å². The molecule has 8 rings (SSSR count). The number of Topliss-reactive ketones (excluding diaryl/α,β-unsaturated/α-hetero) is 1. The lowest BCUT2D eigenvalue weighted by Gasteiger charge is -2.38. The van der Waals surface area contributed by atoms with Gasteiger partial charge in [0, 0.05) is 31.1 Å². The van der Waals surface area contributed by atoms with E-state index in [1.807, 2.05) is 33.8 Å². The average molecular weight is 1050 g/mol. The Balaban J connectivity index is 0.929. The predicted molar refractivity (Wildman–Crippen MR) is 282 cm³/mol. The molecular weight excluding hydrogens is 971 g/mol. The maximum atomic E-state index is 15.0. The number of nitrogens with one attached hydrogen (secondary N) is 5. The summed E-state index contributed by atoms with van der Waals surface area (Å²) in [6.45, 7) is 15.3. The van der Waals surface area contributed by atoms with Gasteiger partial charge < -0.3 is 26.2 Å². The van der Waals surface area contributed by atoms with Gasteiger partial charge in [0.2, 0.25) is 35.3 Å². The Hall–Kier alpha value is -6.40. The number of allylic oxidation sites excluding steroid dienone is 1. The Morgan fingerprint density at radius 1 is 0.855 bits per heavy atom. The number of hydrogen-bond donors (Lipinski definition) is 5. The molecule has 3 aliphatic heterocycles. The third kappa shape index (κ3) is 12.1. The summed E-state index contributed by atoms with van der Waals surface area (Å²) in [7, 11) is 0. The second-order valence-corrected chi connectivity index (χ2v) is 23.7. The molecule has 19 nitrogen and oxygen atoms in total. The van der Waals surface area contributed by atoms with E-state index in [1.54, 1.807) is 30.2 Å². The van der Waals surface area contributed by atoms with Crippen LogP contribution in [-0.4, -0.2) is 124 Å². The molecule has 6 fully saturated rings. The molecular formula is C57H77N9O10. The van der Waals surface area contributed by atoms with Gasteiger partial charge in [0.1, 0.15) is 29.9 Å². The minimum Gasteiger partial charge on any atom is -0.347 e. The standard InChI is InChI=1S/C57H77N9O10/c1-8-13-41(47(68)53(73)60-36-20-21-36)61-52(72)46-38-17-12-16-35(38)29-65(46)56(76)48(57(4,5)6)64-51(71)45(32-14-10-9-11-15-32)63-49(69)31(3)59-28-42(58-7)34-19-22-37(30(2)26-34)33-18-23-39-40(27-33)55(75)66(54(39)74)43-24-25-44(67)62-50(43)70/h18,23,27-28,30,32,34-38,41,43,45-46,48H,7-17,19-22,24-26,29H2,1-6H3,(H,60,73)(H,61,72)(H,63,69)(H,64,71)(H,62,67,70)/b42-28-,59-31?/t30?,34?,35-,37?,38-,41+,43?,45-,46-,48+/m0/s1. The van der Waals surface area contributed by atoms with Crippen LogP contribution in [0.3, 0.4) is 0 Å². The summed E-state index contributed by atoms with van der Waals surface area (Å²) in [6.07, 6.45) is 12.9. The molecule has 1 aromatic rings. The van der Waals surface area contributed by atoms with Crippen molar-refractivity contribution in [3.8, 4) is 0 Å². The van der Waals surface area contributed by atoms with Crippen LogP contribution >= 0.6 is 0 Å². The summed E-state index contributed by atoms with van der Waals surface area (Å²) in [5, 5.41) is 13.9. The summed E-state index contributed by atoms with van der Waals surface area (Å²) in [4.78, 5) is 147. The summed E-state index contributed by atoms with van der Waals surface area (Å²) in [5.41, 5.74) is 1.26. The lowest BCUT2D eigenvalue weighted by Crippen LogP contribution is -2.62. The highest BCUT2D eigenvalue weighted by atomic mass is 16.2. The van der Waals surface area contributed by atoms with Crippen LogP contribution in [0.2, 0.25) is 0 Å². The number of imide groups is 2. The molecule has 2 saturated heterocycles. The highest BCUT2D eigenvalue weighted by Crippen LogP contribution is 2.45. The first-order chi connectivity index (χ1) is 36.2. The van der Waals surface area contributed by atoms with E-state index in [1.165, 1.54) is 0 Å². The van der Waals surface area contributed by atoms with Crippen LogP contribution in [0.5, 0.6) is 0 Å². The number of nitrogens with zero attached hydrogens (tertiary/aromatic N) is 4. The van der Waals surface area contributed by atoms with Crippen LogP contribution in [0.25, 0.3) is 0 Å². The van der Waals surface area contributed by atoms with E-state index in [4.69, 9.17) is 0 Å². The minimum absolute atomic E-state index is 0.0223. The van der Waals surface area contributed by atoms with E-state index in [9.17, 15) is 47.9 Å². The molecule has 410 valence electrons. The summed E-state index contributed by atoms with van der Waals surface area (Å²) in [5.74, 6) is -5.70.